The van der Waals surface area contributed by atoms with Crippen LogP contribution >= 0.6 is 0 Å². The molecular formula is C13H20N2O5S. The molecule has 0 fully saturated rings. The third-order valence-corrected chi connectivity index (χ3v) is 4.60. The second-order valence-electron chi connectivity index (χ2n) is 4.84. The van der Waals surface area contributed by atoms with Gasteiger partial charge in [-0.25, -0.2) is 17.9 Å². The van der Waals surface area contributed by atoms with Crippen LogP contribution in [0.2, 0.25) is 0 Å². The fourth-order valence-electron chi connectivity index (χ4n) is 1.51. The van der Waals surface area contributed by atoms with Gasteiger partial charge >= 0.3 is 5.97 Å². The van der Waals surface area contributed by atoms with E-state index in [1.165, 1.54) is 19.2 Å². The highest BCUT2D eigenvalue weighted by Crippen LogP contribution is 2.24. The molecular weight excluding hydrogens is 296 g/mol. The summed E-state index contributed by atoms with van der Waals surface area (Å²) < 4.78 is 32.1. The van der Waals surface area contributed by atoms with Crippen LogP contribution in [0.4, 0.5) is 0 Å². The van der Waals surface area contributed by atoms with Gasteiger partial charge in [0.15, 0.2) is 0 Å². The number of hydrogen-bond donors (Lipinski definition) is 2. The van der Waals surface area contributed by atoms with Gasteiger partial charge in [0.2, 0.25) is 10.0 Å². The number of nitrogens with one attached hydrogen (secondary N) is 1. The molecule has 1 atom stereocenters. The first-order chi connectivity index (χ1) is 9.69. The number of likely N-dealkylation sites (N-methyl/N-ethyl adjacent to an activating group) is 1. The Morgan fingerprint density at radius 2 is 2.05 bits per heavy atom. The highest BCUT2D eigenvalue weighted by molar-refractivity contribution is 7.89. The summed E-state index contributed by atoms with van der Waals surface area (Å²) in [6, 6.07) is 3.70. The Morgan fingerprint density at radius 1 is 1.43 bits per heavy atom. The molecule has 0 amide bonds. The van der Waals surface area contributed by atoms with Crippen LogP contribution in [0.25, 0.3) is 0 Å². The van der Waals surface area contributed by atoms with Gasteiger partial charge in [0, 0.05) is 12.6 Å². The monoisotopic (exact) mass is 316 g/mol. The van der Waals surface area contributed by atoms with E-state index in [-0.39, 0.29) is 28.8 Å². The van der Waals surface area contributed by atoms with Crippen LogP contribution in [0.5, 0.6) is 5.75 Å². The molecule has 0 bridgehead atoms. The summed E-state index contributed by atoms with van der Waals surface area (Å²) in [5, 5.41) is 8.97. The molecule has 1 rings (SSSR count). The summed E-state index contributed by atoms with van der Waals surface area (Å²) in [4.78, 5) is 12.7. The first-order valence-electron chi connectivity index (χ1n) is 6.26. The van der Waals surface area contributed by atoms with E-state index in [0.717, 1.165) is 6.07 Å². The van der Waals surface area contributed by atoms with Crippen LogP contribution in [0, 0.1) is 0 Å². The minimum atomic E-state index is -3.85. The summed E-state index contributed by atoms with van der Waals surface area (Å²) in [5.74, 6) is -1.10. The fraction of sp³-hybridized carbons (Fsp3) is 0.462. The SMILES string of the molecule is COc1ccc(C(=O)O)cc1S(=O)(=O)NCC(C)N(C)C. The second-order valence-corrected chi connectivity index (χ2v) is 6.57. The molecule has 0 aliphatic rings. The number of aromatic carboxylic acids is 1. The number of hydrogen-bond acceptors (Lipinski definition) is 5. The van der Waals surface area contributed by atoms with Crippen molar-refractivity contribution in [2.45, 2.75) is 17.9 Å². The predicted octanol–water partition coefficient (Wildman–Crippen LogP) is 0.622. The number of rotatable bonds is 7. The normalized spacial score (nSPS) is 13.2. The number of ether oxygens (including phenoxy) is 1. The van der Waals surface area contributed by atoms with E-state index in [2.05, 4.69) is 4.72 Å². The van der Waals surface area contributed by atoms with E-state index in [4.69, 9.17) is 9.84 Å². The number of carboxylic acid groups (broad SMARTS) is 1. The Labute approximate surface area is 124 Å². The van der Waals surface area contributed by atoms with Gasteiger partial charge in [0.25, 0.3) is 0 Å². The summed E-state index contributed by atoms with van der Waals surface area (Å²) in [5.41, 5.74) is -0.114. The first kappa shape index (κ1) is 17.4. The lowest BCUT2D eigenvalue weighted by Gasteiger charge is -2.20. The summed E-state index contributed by atoms with van der Waals surface area (Å²) >= 11 is 0. The predicted molar refractivity (Wildman–Crippen MR) is 78.3 cm³/mol. The van der Waals surface area contributed by atoms with Gasteiger partial charge in [-0.2, -0.15) is 0 Å². The van der Waals surface area contributed by atoms with E-state index in [9.17, 15) is 13.2 Å². The third-order valence-electron chi connectivity index (χ3n) is 3.15. The van der Waals surface area contributed by atoms with Crippen molar-refractivity contribution in [2.24, 2.45) is 0 Å². The van der Waals surface area contributed by atoms with Crippen LogP contribution in [-0.2, 0) is 10.0 Å². The van der Waals surface area contributed by atoms with Crippen molar-refractivity contribution < 1.29 is 23.1 Å². The topological polar surface area (TPSA) is 95.9 Å². The number of nitrogens with zero attached hydrogens (tertiary/aromatic N) is 1. The van der Waals surface area contributed by atoms with Crippen molar-refractivity contribution in [2.75, 3.05) is 27.7 Å². The zero-order valence-corrected chi connectivity index (χ0v) is 13.3. The van der Waals surface area contributed by atoms with E-state index < -0.39 is 16.0 Å². The van der Waals surface area contributed by atoms with Gasteiger partial charge in [-0.3, -0.25) is 0 Å². The molecule has 0 spiro atoms. The minimum Gasteiger partial charge on any atom is -0.495 e. The van der Waals surface area contributed by atoms with Gasteiger partial charge in [0.1, 0.15) is 10.6 Å². The molecule has 7 nitrogen and oxygen atoms in total. The Balaban J connectivity index is 3.11. The van der Waals surface area contributed by atoms with Crippen LogP contribution in [0.15, 0.2) is 23.1 Å². The lowest BCUT2D eigenvalue weighted by molar-refractivity contribution is 0.0696. The average Bonchev–Trinajstić information content (AvgIpc) is 2.43. The summed E-state index contributed by atoms with van der Waals surface area (Å²) in [6.45, 7) is 2.07. The van der Waals surface area contributed by atoms with E-state index in [1.54, 1.807) is 0 Å². The summed E-state index contributed by atoms with van der Waals surface area (Å²) in [6.07, 6.45) is 0. The minimum absolute atomic E-state index is 0.00609. The molecule has 21 heavy (non-hydrogen) atoms. The maximum Gasteiger partial charge on any atom is 0.335 e. The molecule has 0 aliphatic heterocycles. The van der Waals surface area contributed by atoms with Gasteiger partial charge in [-0.05, 0) is 39.2 Å². The number of carbonyl (C=O) groups is 1. The van der Waals surface area contributed by atoms with Crippen molar-refractivity contribution in [3.63, 3.8) is 0 Å². The highest BCUT2D eigenvalue weighted by Gasteiger charge is 2.22. The highest BCUT2D eigenvalue weighted by atomic mass is 32.2. The van der Waals surface area contributed by atoms with Crippen molar-refractivity contribution in [3.8, 4) is 5.75 Å². The van der Waals surface area contributed by atoms with Crippen LogP contribution < -0.4 is 9.46 Å². The third kappa shape index (κ3) is 4.42. The van der Waals surface area contributed by atoms with Gasteiger partial charge < -0.3 is 14.7 Å². The van der Waals surface area contributed by atoms with E-state index in [1.807, 2.05) is 25.9 Å². The lowest BCUT2D eigenvalue weighted by Crippen LogP contribution is -2.38. The molecule has 0 saturated heterocycles. The number of sulfonamides is 1. The summed E-state index contributed by atoms with van der Waals surface area (Å²) in [7, 11) is 1.15. The molecule has 8 heteroatoms. The smallest absolute Gasteiger partial charge is 0.335 e. The molecule has 118 valence electrons. The average molecular weight is 316 g/mol. The second kappa shape index (κ2) is 6.88. The standard InChI is InChI=1S/C13H20N2O5S/c1-9(15(2)3)8-14-21(18,19)12-7-10(13(16)17)5-6-11(12)20-4/h5-7,9,14H,8H2,1-4H3,(H,16,17). The molecule has 0 aliphatic carbocycles. The molecule has 1 aromatic rings. The Morgan fingerprint density at radius 3 is 2.52 bits per heavy atom. The zero-order valence-electron chi connectivity index (χ0n) is 12.5. The molecule has 1 unspecified atom stereocenters. The Bertz CT molecular complexity index is 613. The van der Waals surface area contributed by atoms with Crippen molar-refractivity contribution in [3.05, 3.63) is 23.8 Å². The van der Waals surface area contributed by atoms with E-state index in [0.29, 0.717) is 0 Å². The van der Waals surface area contributed by atoms with E-state index >= 15 is 0 Å². The fourth-order valence-corrected chi connectivity index (χ4v) is 2.82. The van der Waals surface area contributed by atoms with Crippen molar-refractivity contribution in [1.29, 1.82) is 0 Å². The maximum atomic E-state index is 12.3. The van der Waals surface area contributed by atoms with Gasteiger partial charge in [-0.1, -0.05) is 0 Å². The van der Waals surface area contributed by atoms with Gasteiger partial charge in [-0.15, -0.1) is 0 Å². The van der Waals surface area contributed by atoms with Crippen molar-refractivity contribution >= 4 is 16.0 Å². The molecule has 0 saturated carbocycles. The molecule has 1 aromatic carbocycles. The van der Waals surface area contributed by atoms with Crippen LogP contribution in [-0.4, -0.2) is 58.2 Å². The van der Waals surface area contributed by atoms with Crippen LogP contribution in [0.1, 0.15) is 17.3 Å². The Hall–Kier alpha value is -1.64. The largest absolute Gasteiger partial charge is 0.495 e. The quantitative estimate of drug-likeness (QED) is 0.765. The number of benzene rings is 1. The first-order valence-corrected chi connectivity index (χ1v) is 7.74. The van der Waals surface area contributed by atoms with Crippen LogP contribution in [0.3, 0.4) is 0 Å². The van der Waals surface area contributed by atoms with Gasteiger partial charge in [0.05, 0.1) is 12.7 Å². The molecule has 0 heterocycles. The molecule has 2 N–H and O–H groups in total. The Kier molecular flexibility index (Phi) is 5.70. The lowest BCUT2D eigenvalue weighted by atomic mass is 10.2. The van der Waals surface area contributed by atoms with Crippen molar-refractivity contribution in [1.82, 2.24) is 9.62 Å². The molecule has 0 aromatic heterocycles. The maximum absolute atomic E-state index is 12.3. The molecule has 0 radical (unpaired) electrons. The zero-order chi connectivity index (χ0) is 16.2. The number of methoxy groups -OCH3 is 1. The number of carboxylic acids is 1.